The molecule has 1 aliphatic rings. The van der Waals surface area contributed by atoms with Crippen LogP contribution in [0.1, 0.15) is 62.8 Å². The van der Waals surface area contributed by atoms with Crippen LogP contribution in [0.15, 0.2) is 78.4 Å². The van der Waals surface area contributed by atoms with Crippen LogP contribution in [0.4, 0.5) is 4.39 Å². The van der Waals surface area contributed by atoms with Crippen molar-refractivity contribution in [3.05, 3.63) is 101 Å². The van der Waals surface area contributed by atoms with Crippen LogP contribution in [0.2, 0.25) is 0 Å². The molecule has 210 valence electrons. The highest BCUT2D eigenvalue weighted by Gasteiger charge is 2.45. The van der Waals surface area contributed by atoms with Crippen molar-refractivity contribution in [2.45, 2.75) is 58.6 Å². The third kappa shape index (κ3) is 6.89. The molecule has 0 radical (unpaired) electrons. The van der Waals surface area contributed by atoms with Gasteiger partial charge in [0.25, 0.3) is 11.7 Å². The summed E-state index contributed by atoms with van der Waals surface area (Å²) in [5, 5.41) is 11.4. The number of Topliss-reactive ketones (excluding diaryl/α,β-unsaturated/α-hetero) is 1. The fraction of sp³-hybridized carbons (Fsp3) is 0.333. The maximum Gasteiger partial charge on any atom is 0.295 e. The molecule has 40 heavy (non-hydrogen) atoms. The highest BCUT2D eigenvalue weighted by molar-refractivity contribution is 6.46. The Balaban J connectivity index is 1.66. The maximum absolute atomic E-state index is 13.4. The third-order valence-electron chi connectivity index (χ3n) is 6.81. The number of nitrogens with zero attached hydrogens (tertiary/aromatic N) is 1. The minimum absolute atomic E-state index is 0.00853. The van der Waals surface area contributed by atoms with Gasteiger partial charge >= 0.3 is 0 Å². The molecule has 3 aromatic carbocycles. The lowest BCUT2D eigenvalue weighted by molar-refractivity contribution is -0.139. The van der Waals surface area contributed by atoms with E-state index in [1.807, 2.05) is 13.8 Å². The molecule has 1 fully saturated rings. The van der Waals surface area contributed by atoms with E-state index < -0.39 is 17.7 Å². The van der Waals surface area contributed by atoms with Crippen LogP contribution in [-0.2, 0) is 16.0 Å². The lowest BCUT2D eigenvalue weighted by Gasteiger charge is -2.25. The Morgan fingerprint density at radius 3 is 2.20 bits per heavy atom. The molecule has 0 bridgehead atoms. The number of benzene rings is 3. The summed E-state index contributed by atoms with van der Waals surface area (Å²) in [5.74, 6) is -0.685. The molecule has 7 heteroatoms. The normalized spacial score (nSPS) is 16.5. The van der Waals surface area contributed by atoms with E-state index in [1.54, 1.807) is 60.7 Å². The predicted molar refractivity (Wildman–Crippen MR) is 153 cm³/mol. The summed E-state index contributed by atoms with van der Waals surface area (Å²) in [6.07, 6.45) is 3.56. The van der Waals surface area contributed by atoms with Gasteiger partial charge in [0, 0.05) is 12.1 Å². The number of unbranched alkanes of at least 4 members (excludes halogenated alkanes) is 2. The van der Waals surface area contributed by atoms with E-state index in [-0.39, 0.29) is 29.8 Å². The van der Waals surface area contributed by atoms with E-state index in [0.717, 1.165) is 24.8 Å². The fourth-order valence-corrected chi connectivity index (χ4v) is 4.77. The molecule has 1 aliphatic heterocycles. The highest BCUT2D eigenvalue weighted by Crippen LogP contribution is 2.40. The zero-order chi connectivity index (χ0) is 28.6. The van der Waals surface area contributed by atoms with Gasteiger partial charge in [0.15, 0.2) is 0 Å². The number of rotatable bonds is 12. The molecule has 1 atom stereocenters. The van der Waals surface area contributed by atoms with Gasteiger partial charge < -0.3 is 19.5 Å². The molecule has 1 N–H and O–H groups in total. The minimum Gasteiger partial charge on any atom is -0.507 e. The van der Waals surface area contributed by atoms with Gasteiger partial charge in [-0.05, 0) is 86.3 Å². The van der Waals surface area contributed by atoms with Crippen molar-refractivity contribution < 1.29 is 28.6 Å². The Morgan fingerprint density at radius 1 is 0.925 bits per heavy atom. The summed E-state index contributed by atoms with van der Waals surface area (Å²) in [6, 6.07) is 19.3. The Hall–Kier alpha value is -4.13. The summed E-state index contributed by atoms with van der Waals surface area (Å²) in [6.45, 7) is 6.81. The van der Waals surface area contributed by atoms with E-state index in [4.69, 9.17) is 9.47 Å². The Morgan fingerprint density at radius 2 is 1.57 bits per heavy atom. The van der Waals surface area contributed by atoms with Crippen molar-refractivity contribution in [1.29, 1.82) is 0 Å². The average Bonchev–Trinajstić information content (AvgIpc) is 3.20. The van der Waals surface area contributed by atoms with Crippen molar-refractivity contribution in [1.82, 2.24) is 4.90 Å². The zero-order valence-electron chi connectivity index (χ0n) is 23.2. The number of hydrogen-bond donors (Lipinski definition) is 1. The monoisotopic (exact) mass is 545 g/mol. The van der Waals surface area contributed by atoms with Crippen LogP contribution in [0.25, 0.3) is 5.76 Å². The second-order valence-electron chi connectivity index (χ2n) is 10.2. The number of halogens is 1. The summed E-state index contributed by atoms with van der Waals surface area (Å²) >= 11 is 0. The topological polar surface area (TPSA) is 76.1 Å². The quantitative estimate of drug-likeness (QED) is 0.117. The van der Waals surface area contributed by atoms with Gasteiger partial charge in [-0.25, -0.2) is 4.39 Å². The molecule has 6 nitrogen and oxygen atoms in total. The van der Waals surface area contributed by atoms with Gasteiger partial charge in [0.05, 0.1) is 24.3 Å². The summed E-state index contributed by atoms with van der Waals surface area (Å²) in [7, 11) is 0. The first-order valence-corrected chi connectivity index (χ1v) is 13.8. The molecular formula is C33H36FNO5. The van der Waals surface area contributed by atoms with Crippen LogP contribution in [0, 0.1) is 5.82 Å². The first kappa shape index (κ1) is 28.9. The van der Waals surface area contributed by atoms with Crippen molar-refractivity contribution in [3.8, 4) is 11.5 Å². The number of hydrogen-bond acceptors (Lipinski definition) is 5. The standard InChI is InChI=1S/C33H36FNO5/c1-4-5-6-21-39-27-15-11-25(12-16-27)31(36)29-30(24-9-17-28(18-10-24)40-22(2)3)35(33(38)32(29)37)20-19-23-7-13-26(34)14-8-23/h7-18,22,30,36H,4-6,19-21H2,1-3H3/b31-29-. The molecule has 1 heterocycles. The van der Waals surface area contributed by atoms with E-state index in [1.165, 1.54) is 17.0 Å². The van der Waals surface area contributed by atoms with Gasteiger partial charge in [-0.15, -0.1) is 0 Å². The molecule has 0 aromatic heterocycles. The Kier molecular flexibility index (Phi) is 9.59. The molecule has 0 aliphatic carbocycles. The summed E-state index contributed by atoms with van der Waals surface area (Å²) < 4.78 is 24.9. The first-order chi connectivity index (χ1) is 19.3. The van der Waals surface area contributed by atoms with E-state index in [2.05, 4.69) is 6.92 Å². The minimum atomic E-state index is -0.793. The van der Waals surface area contributed by atoms with E-state index >= 15 is 0 Å². The summed E-state index contributed by atoms with van der Waals surface area (Å²) in [5.41, 5.74) is 1.95. The molecular weight excluding hydrogens is 509 g/mol. The lowest BCUT2D eigenvalue weighted by Crippen LogP contribution is -2.31. The number of likely N-dealkylation sites (tertiary alicyclic amines) is 1. The molecule has 1 saturated heterocycles. The van der Waals surface area contributed by atoms with Crippen molar-refractivity contribution in [3.63, 3.8) is 0 Å². The summed E-state index contributed by atoms with van der Waals surface area (Å²) in [4.78, 5) is 28.1. The lowest BCUT2D eigenvalue weighted by atomic mass is 9.95. The molecule has 0 spiro atoms. The Bertz CT molecular complexity index is 1330. The number of ether oxygens (including phenoxy) is 2. The molecule has 4 rings (SSSR count). The number of ketones is 1. The van der Waals surface area contributed by atoms with Crippen LogP contribution in [-0.4, -0.2) is 41.0 Å². The van der Waals surface area contributed by atoms with Crippen molar-refractivity contribution >= 4 is 17.4 Å². The maximum atomic E-state index is 13.4. The molecule has 1 unspecified atom stereocenters. The highest BCUT2D eigenvalue weighted by atomic mass is 19.1. The fourth-order valence-electron chi connectivity index (χ4n) is 4.77. The van der Waals surface area contributed by atoms with Crippen LogP contribution < -0.4 is 9.47 Å². The molecule has 0 saturated carbocycles. The largest absolute Gasteiger partial charge is 0.507 e. The van der Waals surface area contributed by atoms with Gasteiger partial charge in [0.2, 0.25) is 0 Å². The Labute approximate surface area is 235 Å². The third-order valence-corrected chi connectivity index (χ3v) is 6.81. The van der Waals surface area contributed by atoms with Crippen LogP contribution in [0.5, 0.6) is 11.5 Å². The number of amides is 1. The predicted octanol–water partition coefficient (Wildman–Crippen LogP) is 6.85. The number of carbonyl (C=O) groups is 2. The van der Waals surface area contributed by atoms with Gasteiger partial charge in [-0.3, -0.25) is 9.59 Å². The smallest absolute Gasteiger partial charge is 0.295 e. The van der Waals surface area contributed by atoms with Gasteiger partial charge in [-0.1, -0.05) is 44.0 Å². The first-order valence-electron chi connectivity index (χ1n) is 13.8. The van der Waals surface area contributed by atoms with Crippen LogP contribution >= 0.6 is 0 Å². The second kappa shape index (κ2) is 13.3. The number of carbonyl (C=O) groups excluding carboxylic acids is 2. The van der Waals surface area contributed by atoms with Gasteiger partial charge in [-0.2, -0.15) is 0 Å². The molecule has 3 aromatic rings. The zero-order valence-corrected chi connectivity index (χ0v) is 23.2. The number of aliphatic hydroxyl groups is 1. The number of aliphatic hydroxyl groups excluding tert-OH is 1. The SMILES string of the molecule is CCCCCOc1ccc(/C(O)=C2/C(=O)C(=O)N(CCc3ccc(F)cc3)C2c2ccc(OC(C)C)cc2)cc1. The van der Waals surface area contributed by atoms with E-state index in [9.17, 15) is 19.1 Å². The average molecular weight is 546 g/mol. The van der Waals surface area contributed by atoms with Crippen molar-refractivity contribution in [2.75, 3.05) is 13.2 Å². The molecule has 1 amide bonds. The van der Waals surface area contributed by atoms with Crippen molar-refractivity contribution in [2.24, 2.45) is 0 Å². The second-order valence-corrected chi connectivity index (χ2v) is 10.2. The van der Waals surface area contributed by atoms with Crippen LogP contribution in [0.3, 0.4) is 0 Å². The van der Waals surface area contributed by atoms with E-state index in [0.29, 0.717) is 35.7 Å². The van der Waals surface area contributed by atoms with Gasteiger partial charge in [0.1, 0.15) is 23.1 Å².